The quantitative estimate of drug-likeness (QED) is 0.490. The van der Waals surface area contributed by atoms with Crippen molar-refractivity contribution in [2.24, 2.45) is 5.10 Å². The first kappa shape index (κ1) is 21.7. The minimum atomic E-state index is -0.286. The molecule has 3 aromatic rings. The Morgan fingerprint density at radius 3 is 2.53 bits per heavy atom. The second kappa shape index (κ2) is 10.2. The summed E-state index contributed by atoms with van der Waals surface area (Å²) >= 11 is 0. The molecule has 0 radical (unpaired) electrons. The van der Waals surface area contributed by atoms with Gasteiger partial charge in [-0.15, -0.1) is 5.10 Å². The lowest BCUT2D eigenvalue weighted by atomic mass is 10.0. The van der Waals surface area contributed by atoms with E-state index in [4.69, 9.17) is 14.2 Å². The number of ether oxygens (including phenoxy) is 3. The average molecular weight is 435 g/mol. The number of hydrazone groups is 1. The summed E-state index contributed by atoms with van der Waals surface area (Å²) in [5.74, 6) is 1.77. The highest BCUT2D eigenvalue weighted by Gasteiger charge is 2.25. The molecule has 0 bridgehead atoms. The van der Waals surface area contributed by atoms with Gasteiger partial charge < -0.3 is 14.2 Å². The number of halogens is 1. The van der Waals surface area contributed by atoms with Crippen LogP contribution in [0.5, 0.6) is 11.5 Å². The third-order valence-electron chi connectivity index (χ3n) is 5.04. The van der Waals surface area contributed by atoms with Crippen molar-refractivity contribution in [3.05, 3.63) is 95.3 Å². The maximum Gasteiger partial charge on any atom is 0.208 e. The van der Waals surface area contributed by atoms with Crippen LogP contribution in [0.25, 0.3) is 0 Å². The second-order valence-corrected chi connectivity index (χ2v) is 7.91. The normalized spacial score (nSPS) is 15.2. The molecule has 1 unspecified atom stereocenters. The molecule has 3 aromatic carbocycles. The fourth-order valence-corrected chi connectivity index (χ4v) is 3.45. The molecule has 4 rings (SSSR count). The lowest BCUT2D eigenvalue weighted by molar-refractivity contribution is 0.236. The van der Waals surface area contributed by atoms with Crippen molar-refractivity contribution < 1.29 is 18.6 Å². The van der Waals surface area contributed by atoms with Crippen molar-refractivity contribution in [1.82, 2.24) is 5.43 Å². The van der Waals surface area contributed by atoms with E-state index in [1.807, 2.05) is 62.4 Å². The predicted molar refractivity (Wildman–Crippen MR) is 122 cm³/mol. The van der Waals surface area contributed by atoms with E-state index in [0.29, 0.717) is 24.5 Å². The van der Waals surface area contributed by atoms with Crippen LogP contribution in [0.3, 0.4) is 0 Å². The van der Waals surface area contributed by atoms with E-state index in [-0.39, 0.29) is 24.6 Å². The number of nitrogens with one attached hydrogen (secondary N) is 1. The van der Waals surface area contributed by atoms with Gasteiger partial charge in [0.15, 0.2) is 0 Å². The molecule has 0 aromatic heterocycles. The van der Waals surface area contributed by atoms with Gasteiger partial charge in [0.2, 0.25) is 5.90 Å². The van der Waals surface area contributed by atoms with E-state index in [1.165, 1.54) is 6.07 Å². The van der Waals surface area contributed by atoms with Crippen LogP contribution >= 0.6 is 0 Å². The van der Waals surface area contributed by atoms with Crippen LogP contribution in [0.4, 0.5) is 4.39 Å². The lowest BCUT2D eigenvalue weighted by Crippen LogP contribution is -2.15. The summed E-state index contributed by atoms with van der Waals surface area (Å²) in [4.78, 5) is 0. The highest BCUT2D eigenvalue weighted by Crippen LogP contribution is 2.34. The SMILES string of the molecule is CC(C)Oc1ccc(OCc2ccccc2)cc1C1CC(OCc2ccccc2F)=NN1. The van der Waals surface area contributed by atoms with E-state index >= 15 is 0 Å². The number of benzene rings is 3. The summed E-state index contributed by atoms with van der Waals surface area (Å²) in [5, 5.41) is 4.31. The van der Waals surface area contributed by atoms with E-state index in [0.717, 1.165) is 22.6 Å². The molecular weight excluding hydrogens is 407 g/mol. The Morgan fingerprint density at radius 2 is 1.75 bits per heavy atom. The number of nitrogens with zero attached hydrogens (tertiary/aromatic N) is 1. The third-order valence-corrected chi connectivity index (χ3v) is 5.04. The monoisotopic (exact) mass is 434 g/mol. The molecule has 1 aliphatic heterocycles. The zero-order chi connectivity index (χ0) is 22.3. The van der Waals surface area contributed by atoms with Gasteiger partial charge in [-0.25, -0.2) is 4.39 Å². The summed E-state index contributed by atoms with van der Waals surface area (Å²) in [7, 11) is 0. The highest BCUT2D eigenvalue weighted by atomic mass is 19.1. The van der Waals surface area contributed by atoms with Crippen LogP contribution in [0.2, 0.25) is 0 Å². The maximum atomic E-state index is 13.9. The predicted octanol–water partition coefficient (Wildman–Crippen LogP) is 5.76. The second-order valence-electron chi connectivity index (χ2n) is 7.91. The first-order valence-electron chi connectivity index (χ1n) is 10.7. The van der Waals surface area contributed by atoms with E-state index < -0.39 is 0 Å². The van der Waals surface area contributed by atoms with E-state index in [1.54, 1.807) is 18.2 Å². The zero-order valence-electron chi connectivity index (χ0n) is 18.3. The summed E-state index contributed by atoms with van der Waals surface area (Å²) in [6, 6.07) is 22.3. The zero-order valence-corrected chi connectivity index (χ0v) is 18.3. The highest BCUT2D eigenvalue weighted by molar-refractivity contribution is 5.78. The topological polar surface area (TPSA) is 52.1 Å². The Kier molecular flexibility index (Phi) is 6.90. The molecule has 0 saturated carbocycles. The van der Waals surface area contributed by atoms with Crippen LogP contribution < -0.4 is 14.9 Å². The summed E-state index contributed by atoms with van der Waals surface area (Å²) in [6.07, 6.45) is 0.564. The number of hydrogen-bond donors (Lipinski definition) is 1. The van der Waals surface area contributed by atoms with Gasteiger partial charge in [0.05, 0.1) is 18.6 Å². The first-order chi connectivity index (χ1) is 15.6. The molecule has 166 valence electrons. The van der Waals surface area contributed by atoms with Crippen molar-refractivity contribution in [2.45, 2.75) is 45.6 Å². The lowest BCUT2D eigenvalue weighted by Gasteiger charge is -2.19. The molecule has 0 saturated heterocycles. The summed E-state index contributed by atoms with van der Waals surface area (Å²) < 4.78 is 31.6. The number of rotatable bonds is 8. The molecule has 1 N–H and O–H groups in total. The fourth-order valence-electron chi connectivity index (χ4n) is 3.45. The van der Waals surface area contributed by atoms with Gasteiger partial charge in [0.1, 0.15) is 30.5 Å². The van der Waals surface area contributed by atoms with Crippen molar-refractivity contribution in [2.75, 3.05) is 0 Å². The summed E-state index contributed by atoms with van der Waals surface area (Å²) in [5.41, 5.74) is 5.66. The molecule has 1 aliphatic rings. The molecule has 0 fully saturated rings. The van der Waals surface area contributed by atoms with Gasteiger partial charge in [-0.05, 0) is 43.7 Å². The smallest absolute Gasteiger partial charge is 0.208 e. The van der Waals surface area contributed by atoms with Crippen molar-refractivity contribution in [3.8, 4) is 11.5 Å². The molecule has 0 aliphatic carbocycles. The molecule has 0 spiro atoms. The molecule has 6 heteroatoms. The van der Waals surface area contributed by atoms with Crippen molar-refractivity contribution >= 4 is 5.90 Å². The minimum Gasteiger partial charge on any atom is -0.491 e. The Balaban J connectivity index is 1.44. The van der Waals surface area contributed by atoms with Crippen LogP contribution in [0, 0.1) is 5.82 Å². The largest absolute Gasteiger partial charge is 0.491 e. The Hall–Kier alpha value is -3.54. The van der Waals surface area contributed by atoms with Crippen LogP contribution in [0.15, 0.2) is 77.9 Å². The Morgan fingerprint density at radius 1 is 0.969 bits per heavy atom. The van der Waals surface area contributed by atoms with Crippen molar-refractivity contribution in [1.29, 1.82) is 0 Å². The standard InChI is InChI=1S/C26H27FN2O3/c1-18(2)32-25-13-12-21(30-16-19-8-4-3-5-9-19)14-22(25)24-15-26(29-28-24)31-17-20-10-6-7-11-23(20)27/h3-14,18,24,28H,15-17H2,1-2H3. The maximum absolute atomic E-state index is 13.9. The molecule has 0 amide bonds. The summed E-state index contributed by atoms with van der Waals surface area (Å²) in [6.45, 7) is 4.60. The molecule has 32 heavy (non-hydrogen) atoms. The van der Waals surface area contributed by atoms with Gasteiger partial charge >= 0.3 is 0 Å². The van der Waals surface area contributed by atoms with E-state index in [9.17, 15) is 4.39 Å². The van der Waals surface area contributed by atoms with Gasteiger partial charge in [-0.1, -0.05) is 48.5 Å². The van der Waals surface area contributed by atoms with Gasteiger partial charge in [0.25, 0.3) is 0 Å². The van der Waals surface area contributed by atoms with Gasteiger partial charge in [-0.3, -0.25) is 5.43 Å². The first-order valence-corrected chi connectivity index (χ1v) is 10.7. The van der Waals surface area contributed by atoms with E-state index in [2.05, 4.69) is 10.5 Å². The molecule has 1 heterocycles. The Bertz CT molecular complexity index is 1070. The van der Waals surface area contributed by atoms with Gasteiger partial charge in [-0.2, -0.15) is 0 Å². The third kappa shape index (κ3) is 5.58. The van der Waals surface area contributed by atoms with Crippen LogP contribution in [0.1, 0.15) is 43.0 Å². The molecular formula is C26H27FN2O3. The van der Waals surface area contributed by atoms with Crippen LogP contribution in [-0.4, -0.2) is 12.0 Å². The fraction of sp³-hybridized carbons (Fsp3) is 0.269. The Labute approximate surface area is 187 Å². The van der Waals surface area contributed by atoms with Crippen LogP contribution in [-0.2, 0) is 18.0 Å². The number of hydrogen-bond acceptors (Lipinski definition) is 5. The van der Waals surface area contributed by atoms with Crippen molar-refractivity contribution in [3.63, 3.8) is 0 Å². The van der Waals surface area contributed by atoms with Gasteiger partial charge in [0, 0.05) is 11.1 Å². The average Bonchev–Trinajstić information content (AvgIpc) is 3.27. The molecule has 5 nitrogen and oxygen atoms in total. The minimum absolute atomic E-state index is 0.0314. The molecule has 1 atom stereocenters.